The van der Waals surface area contributed by atoms with E-state index < -0.39 is 0 Å². The molecule has 0 atom stereocenters. The third kappa shape index (κ3) is 3.38. The molecule has 1 saturated heterocycles. The van der Waals surface area contributed by atoms with E-state index >= 15 is 0 Å². The Morgan fingerprint density at radius 3 is 2.00 bits per heavy atom. The maximum absolute atomic E-state index is 6.05. The molecule has 1 aliphatic rings. The minimum Gasteiger partial charge on any atom is -0.408 e. The van der Waals surface area contributed by atoms with Crippen molar-refractivity contribution in [3.63, 3.8) is 0 Å². The van der Waals surface area contributed by atoms with Gasteiger partial charge in [-0.3, -0.25) is 0 Å². The Labute approximate surface area is 158 Å². The van der Waals surface area contributed by atoms with Gasteiger partial charge in [0.1, 0.15) is 0 Å². The van der Waals surface area contributed by atoms with E-state index in [9.17, 15) is 0 Å². The predicted octanol–water partition coefficient (Wildman–Crippen LogP) is 3.25. The van der Waals surface area contributed by atoms with Crippen LogP contribution >= 0.6 is 0 Å². The van der Waals surface area contributed by atoms with Crippen LogP contribution in [-0.4, -0.2) is 18.3 Å². The minimum absolute atomic E-state index is 0. The summed E-state index contributed by atoms with van der Waals surface area (Å²) in [7, 11) is -0.333. The normalized spacial score (nSPS) is 18.8. The zero-order valence-electron chi connectivity index (χ0n) is 13.5. The summed E-state index contributed by atoms with van der Waals surface area (Å²) in [5.41, 5.74) is 2.43. The molecule has 111 valence electrons. The van der Waals surface area contributed by atoms with Crippen LogP contribution in [-0.2, 0) is 42.0 Å². The van der Waals surface area contributed by atoms with E-state index in [1.165, 1.54) is 0 Å². The van der Waals surface area contributed by atoms with Crippen LogP contribution in [0.15, 0.2) is 42.5 Å². The van der Waals surface area contributed by atoms with E-state index in [1.54, 1.807) is 0 Å². The summed E-state index contributed by atoms with van der Waals surface area (Å²) in [5.74, 6) is 0. The first-order valence-corrected chi connectivity index (χ1v) is 7.23. The van der Waals surface area contributed by atoms with Gasteiger partial charge in [-0.15, -0.1) is 6.07 Å². The fraction of sp³-hybridized carbons (Fsp3) is 0.333. The summed E-state index contributed by atoms with van der Waals surface area (Å²) in [4.78, 5) is 0. The third-order valence-corrected chi connectivity index (χ3v) is 4.36. The van der Waals surface area contributed by atoms with Gasteiger partial charge in [0.2, 0.25) is 0 Å². The minimum atomic E-state index is -0.333. The van der Waals surface area contributed by atoms with Crippen LogP contribution in [0.5, 0.6) is 0 Å². The summed E-state index contributed by atoms with van der Waals surface area (Å²) in [6.45, 7) is 8.24. The van der Waals surface area contributed by atoms with Crippen LogP contribution in [0.2, 0.25) is 0 Å². The number of benzene rings is 2. The fourth-order valence-electron chi connectivity index (χ4n) is 2.29. The Kier molecular flexibility index (Phi) is 5.34. The van der Waals surface area contributed by atoms with Crippen molar-refractivity contribution < 1.29 is 42.0 Å². The van der Waals surface area contributed by atoms with Crippen LogP contribution in [0.3, 0.4) is 0 Å². The van der Waals surface area contributed by atoms with Gasteiger partial charge in [0.05, 0.1) is 11.2 Å². The summed E-state index contributed by atoms with van der Waals surface area (Å²) < 4.78 is 12.1. The Morgan fingerprint density at radius 2 is 1.50 bits per heavy atom. The second-order valence-corrected chi connectivity index (χ2v) is 6.40. The molecular formula is C18H19BO2Y-2. The van der Waals surface area contributed by atoms with Crippen LogP contribution in [0.1, 0.15) is 27.7 Å². The first-order valence-electron chi connectivity index (χ1n) is 7.23. The summed E-state index contributed by atoms with van der Waals surface area (Å²) in [5, 5.41) is 0. The number of rotatable bonds is 2. The molecule has 0 saturated carbocycles. The van der Waals surface area contributed by atoms with E-state index in [1.807, 2.05) is 42.5 Å². The molecule has 0 amide bonds. The molecule has 0 aromatic heterocycles. The summed E-state index contributed by atoms with van der Waals surface area (Å²) in [6, 6.07) is 20.4. The van der Waals surface area contributed by atoms with E-state index in [4.69, 9.17) is 9.31 Å². The van der Waals surface area contributed by atoms with Gasteiger partial charge in [-0.2, -0.15) is 48.5 Å². The molecule has 1 heterocycles. The Bertz CT molecular complexity index is 607. The molecule has 2 nitrogen and oxygen atoms in total. The van der Waals surface area contributed by atoms with E-state index in [-0.39, 0.29) is 51.0 Å². The van der Waals surface area contributed by atoms with Crippen molar-refractivity contribution in [2.75, 3.05) is 0 Å². The predicted molar refractivity (Wildman–Crippen MR) is 85.3 cm³/mol. The van der Waals surface area contributed by atoms with Gasteiger partial charge in [0, 0.05) is 32.7 Å². The maximum atomic E-state index is 6.05. The number of hydrogen-bond acceptors (Lipinski definition) is 2. The topological polar surface area (TPSA) is 18.5 Å². The molecule has 3 rings (SSSR count). The SMILES string of the molecule is CC1(C)OB(c2c[c-]c(-c3[c-]cccc3)cc2)OC1(C)C.[Y]. The molecule has 1 radical (unpaired) electrons. The van der Waals surface area contributed by atoms with Gasteiger partial charge in [0.15, 0.2) is 0 Å². The third-order valence-electron chi connectivity index (χ3n) is 4.36. The molecule has 22 heavy (non-hydrogen) atoms. The zero-order chi connectivity index (χ0) is 15.1. The molecule has 4 heteroatoms. The molecule has 0 unspecified atom stereocenters. The Hall–Kier alpha value is -0.471. The van der Waals surface area contributed by atoms with Crippen molar-refractivity contribution in [1.29, 1.82) is 0 Å². The molecule has 1 aliphatic heterocycles. The molecule has 2 aromatic rings. The van der Waals surface area contributed by atoms with Gasteiger partial charge < -0.3 is 9.31 Å². The van der Waals surface area contributed by atoms with E-state index in [0.717, 1.165) is 16.6 Å². The quantitative estimate of drug-likeness (QED) is 0.600. The van der Waals surface area contributed by atoms with Crippen molar-refractivity contribution >= 4 is 12.6 Å². The van der Waals surface area contributed by atoms with E-state index in [2.05, 4.69) is 39.8 Å². The molecule has 0 N–H and O–H groups in total. The molecular weight excluding hydrogens is 348 g/mol. The van der Waals surface area contributed by atoms with Gasteiger partial charge in [-0.05, 0) is 27.7 Å². The largest absolute Gasteiger partial charge is 0.435 e. The average molecular weight is 367 g/mol. The van der Waals surface area contributed by atoms with Gasteiger partial charge in [0.25, 0.3) is 0 Å². The van der Waals surface area contributed by atoms with Crippen LogP contribution in [0.25, 0.3) is 11.1 Å². The van der Waals surface area contributed by atoms with Crippen molar-refractivity contribution in [3.05, 3.63) is 54.6 Å². The summed E-state index contributed by atoms with van der Waals surface area (Å²) >= 11 is 0. The molecule has 1 fully saturated rings. The first kappa shape index (κ1) is 17.9. The fourth-order valence-corrected chi connectivity index (χ4v) is 2.29. The second-order valence-electron chi connectivity index (χ2n) is 6.40. The van der Waals surface area contributed by atoms with E-state index in [0.29, 0.717) is 0 Å². The molecule has 2 aromatic carbocycles. The van der Waals surface area contributed by atoms with Crippen LogP contribution < -0.4 is 5.46 Å². The maximum Gasteiger partial charge on any atom is 0.435 e. The number of hydrogen-bond donors (Lipinski definition) is 0. The first-order chi connectivity index (χ1) is 9.89. The van der Waals surface area contributed by atoms with Crippen molar-refractivity contribution in [2.45, 2.75) is 38.9 Å². The molecule has 0 aliphatic carbocycles. The smallest absolute Gasteiger partial charge is 0.408 e. The standard InChI is InChI=1S/C18H19BO2.Y/c1-17(2)18(3,4)21-19(20-17)16-12-10-15(11-13-16)14-8-6-5-7-9-14;/h5-8,10,12-13H,1-4H3;/q-2;. The van der Waals surface area contributed by atoms with Gasteiger partial charge >= 0.3 is 7.12 Å². The molecule has 0 spiro atoms. The Morgan fingerprint density at radius 1 is 0.864 bits per heavy atom. The van der Waals surface area contributed by atoms with Crippen molar-refractivity contribution in [1.82, 2.24) is 0 Å². The summed E-state index contributed by atoms with van der Waals surface area (Å²) in [6.07, 6.45) is 0. The second kappa shape index (κ2) is 6.57. The van der Waals surface area contributed by atoms with Crippen molar-refractivity contribution in [3.8, 4) is 11.1 Å². The van der Waals surface area contributed by atoms with Crippen molar-refractivity contribution in [2.24, 2.45) is 0 Å². The monoisotopic (exact) mass is 367 g/mol. The Balaban J connectivity index is 0.00000176. The van der Waals surface area contributed by atoms with Crippen LogP contribution in [0.4, 0.5) is 0 Å². The average Bonchev–Trinajstić information content (AvgIpc) is 2.69. The van der Waals surface area contributed by atoms with Gasteiger partial charge in [-0.1, -0.05) is 5.46 Å². The van der Waals surface area contributed by atoms with Gasteiger partial charge in [-0.25, -0.2) is 11.1 Å². The van der Waals surface area contributed by atoms with Crippen LogP contribution in [0, 0.1) is 12.1 Å². The molecule has 0 bridgehead atoms. The zero-order valence-corrected chi connectivity index (χ0v) is 16.4.